The summed E-state index contributed by atoms with van der Waals surface area (Å²) in [5.41, 5.74) is 6.08. The Morgan fingerprint density at radius 1 is 1.05 bits per heavy atom. The number of allylic oxidation sites excluding steroid dienone is 6. The zero-order valence-corrected chi connectivity index (χ0v) is 19.7. The Hall–Kier alpha value is 0.107. The third kappa shape index (κ3) is 3.77. The number of fused-ring (bicyclic) bond motifs is 1. The molecule has 1 unspecified atom stereocenters. The molecule has 0 aliphatic heterocycles. The maximum atomic E-state index is 2.61. The van der Waals surface area contributed by atoms with Crippen LogP contribution in [0.3, 0.4) is 0 Å². The second-order valence-corrected chi connectivity index (χ2v) is 30.9. The SMILES string of the molecule is CC1=CC=[C]([Hf+2]([CH]2C=C(C)c3ccccc32)=[Si](C)C)C1.[Cl-].[Cl-]. The second kappa shape index (κ2) is 8.28. The molecule has 2 aliphatic rings. The minimum atomic E-state index is -1.76. The molecule has 4 heteroatoms. The number of hydrogen-bond donors (Lipinski definition) is 0. The van der Waals surface area contributed by atoms with Crippen molar-refractivity contribution >= 4 is 11.1 Å². The fraction of sp³-hybridized carbons (Fsp3) is 0.333. The molecular formula is C18H22Cl2HfSi. The van der Waals surface area contributed by atoms with Crippen LogP contribution in [0.2, 0.25) is 13.1 Å². The topological polar surface area (TPSA) is 0 Å². The van der Waals surface area contributed by atoms with Crippen molar-refractivity contribution in [2.24, 2.45) is 0 Å². The van der Waals surface area contributed by atoms with Crippen LogP contribution < -0.4 is 24.8 Å². The molecule has 0 fully saturated rings. The Morgan fingerprint density at radius 2 is 1.73 bits per heavy atom. The van der Waals surface area contributed by atoms with Crippen LogP contribution in [-0.4, -0.2) is 5.49 Å². The molecular weight excluding hydrogens is 494 g/mol. The molecule has 0 radical (unpaired) electrons. The molecule has 3 rings (SSSR count). The van der Waals surface area contributed by atoms with Crippen molar-refractivity contribution in [2.75, 3.05) is 0 Å². The summed E-state index contributed by atoms with van der Waals surface area (Å²) in [6.45, 7) is 9.71. The van der Waals surface area contributed by atoms with E-state index in [-0.39, 0.29) is 30.3 Å². The predicted molar refractivity (Wildman–Crippen MR) is 86.8 cm³/mol. The smallest absolute Gasteiger partial charge is 1.00 e. The summed E-state index contributed by atoms with van der Waals surface area (Å²) in [4.78, 5) is 0. The van der Waals surface area contributed by atoms with Crippen LogP contribution in [0.1, 0.15) is 35.1 Å². The first-order valence-electron chi connectivity index (χ1n) is 7.39. The summed E-state index contributed by atoms with van der Waals surface area (Å²) in [5.74, 6) is 0. The van der Waals surface area contributed by atoms with E-state index < -0.39 is 20.1 Å². The molecule has 0 nitrogen and oxygen atoms in total. The first-order valence-corrected chi connectivity index (χ1v) is 19.2. The van der Waals surface area contributed by atoms with Gasteiger partial charge in [-0.2, -0.15) is 0 Å². The minimum absolute atomic E-state index is 0. The molecule has 2 aliphatic carbocycles. The van der Waals surface area contributed by atoms with Crippen LogP contribution in [-0.2, 0) is 20.1 Å². The van der Waals surface area contributed by atoms with Crippen molar-refractivity contribution in [3.05, 3.63) is 62.5 Å². The van der Waals surface area contributed by atoms with Gasteiger partial charge in [0.25, 0.3) is 0 Å². The van der Waals surface area contributed by atoms with E-state index in [0.717, 1.165) is 3.67 Å². The Bertz CT molecular complexity index is 695. The molecule has 0 heterocycles. The van der Waals surface area contributed by atoms with Crippen molar-refractivity contribution in [3.63, 3.8) is 0 Å². The third-order valence-electron chi connectivity index (χ3n) is 4.37. The number of benzene rings is 1. The van der Waals surface area contributed by atoms with E-state index in [9.17, 15) is 0 Å². The van der Waals surface area contributed by atoms with Gasteiger partial charge < -0.3 is 24.8 Å². The van der Waals surface area contributed by atoms with Crippen molar-refractivity contribution in [2.45, 2.75) is 37.0 Å². The van der Waals surface area contributed by atoms with Gasteiger partial charge in [0.2, 0.25) is 0 Å². The molecule has 1 atom stereocenters. The third-order valence-corrected chi connectivity index (χ3v) is 29.9. The molecule has 1 aromatic rings. The van der Waals surface area contributed by atoms with Gasteiger partial charge in [-0.1, -0.05) is 0 Å². The summed E-state index contributed by atoms with van der Waals surface area (Å²) in [5, 5.41) is 0. The fourth-order valence-electron chi connectivity index (χ4n) is 3.47. The molecule has 0 aromatic heterocycles. The molecule has 116 valence electrons. The van der Waals surface area contributed by atoms with Crippen LogP contribution in [0, 0.1) is 0 Å². The summed E-state index contributed by atoms with van der Waals surface area (Å²) < 4.78 is 2.68. The largest absolute Gasteiger partial charge is 1.00 e. The van der Waals surface area contributed by atoms with E-state index in [1.54, 1.807) is 11.1 Å². The van der Waals surface area contributed by atoms with Crippen LogP contribution in [0.25, 0.3) is 5.57 Å². The van der Waals surface area contributed by atoms with E-state index in [0.29, 0.717) is 0 Å². The van der Waals surface area contributed by atoms with Crippen molar-refractivity contribution in [3.8, 4) is 0 Å². The average molecular weight is 516 g/mol. The van der Waals surface area contributed by atoms with E-state index in [1.165, 1.54) is 17.6 Å². The zero-order valence-electron chi connectivity index (χ0n) is 13.6. The normalized spacial score (nSPS) is 18.0. The Balaban J connectivity index is 0.00000121. The van der Waals surface area contributed by atoms with Gasteiger partial charge >= 0.3 is 131 Å². The molecule has 0 saturated carbocycles. The van der Waals surface area contributed by atoms with Crippen LogP contribution in [0.4, 0.5) is 0 Å². The Morgan fingerprint density at radius 3 is 2.32 bits per heavy atom. The van der Waals surface area contributed by atoms with Gasteiger partial charge in [0.15, 0.2) is 0 Å². The van der Waals surface area contributed by atoms with Crippen molar-refractivity contribution < 1.29 is 44.9 Å². The second-order valence-electron chi connectivity index (χ2n) is 6.21. The molecule has 0 spiro atoms. The summed E-state index contributed by atoms with van der Waals surface area (Å²) in [6, 6.07) is 9.12. The van der Waals surface area contributed by atoms with Gasteiger partial charge in [-0.15, -0.1) is 0 Å². The van der Waals surface area contributed by atoms with Crippen LogP contribution >= 0.6 is 0 Å². The number of halogens is 2. The van der Waals surface area contributed by atoms with E-state index in [4.69, 9.17) is 0 Å². The first-order chi connectivity index (χ1) is 9.58. The molecule has 1 aromatic carbocycles. The van der Waals surface area contributed by atoms with E-state index >= 15 is 0 Å². The average Bonchev–Trinajstić information content (AvgIpc) is 2.96. The molecule has 22 heavy (non-hydrogen) atoms. The molecule has 0 bridgehead atoms. The van der Waals surface area contributed by atoms with E-state index in [1.807, 2.05) is 3.33 Å². The van der Waals surface area contributed by atoms with Crippen LogP contribution in [0.5, 0.6) is 0 Å². The van der Waals surface area contributed by atoms with Gasteiger partial charge in [0, 0.05) is 0 Å². The maximum absolute atomic E-state index is 2.61. The van der Waals surface area contributed by atoms with Gasteiger partial charge in [0.05, 0.1) is 0 Å². The molecule has 0 amide bonds. The van der Waals surface area contributed by atoms with Gasteiger partial charge in [-0.05, 0) is 0 Å². The van der Waals surface area contributed by atoms with E-state index in [2.05, 4.69) is 69.4 Å². The molecule has 0 saturated heterocycles. The standard InChI is InChI=1S/C10H9.C6H7.C2H6Si.2ClH.Hf/c1-8-6-7-9-4-2-3-5-10(8)9;1-6-4-2-3-5-6;1-3-2;;;/h2-7H,1H3;2,4H,5H2,1H3;1-2H3;2*1H;/q;;;;;+2/p-2. The summed E-state index contributed by atoms with van der Waals surface area (Å²) >= 11 is -1.76. The number of hydrogen-bond acceptors (Lipinski definition) is 0. The Labute approximate surface area is 154 Å². The monoisotopic (exact) mass is 516 g/mol. The first kappa shape index (κ1) is 20.2. The van der Waals surface area contributed by atoms with Gasteiger partial charge in [-0.3, -0.25) is 0 Å². The maximum Gasteiger partial charge on any atom is -1.00 e. The minimum Gasteiger partial charge on any atom is -1.00 e. The van der Waals surface area contributed by atoms with Crippen LogP contribution in [0.15, 0.2) is 51.4 Å². The van der Waals surface area contributed by atoms with Crippen molar-refractivity contribution in [1.82, 2.24) is 0 Å². The Kier molecular flexibility index (Phi) is 7.58. The summed E-state index contributed by atoms with van der Waals surface area (Å²) in [7, 11) is 0. The molecule has 0 N–H and O–H groups in total. The van der Waals surface area contributed by atoms with Crippen molar-refractivity contribution in [1.29, 1.82) is 0 Å². The van der Waals surface area contributed by atoms with Gasteiger partial charge in [0.1, 0.15) is 0 Å². The fourth-order valence-corrected chi connectivity index (χ4v) is 29.3. The summed E-state index contributed by atoms with van der Waals surface area (Å²) in [6.07, 6.45) is 8.74. The number of rotatable bonds is 2. The quantitative estimate of drug-likeness (QED) is 0.455. The predicted octanol–water partition coefficient (Wildman–Crippen LogP) is -0.744. The zero-order chi connectivity index (χ0) is 14.3. The van der Waals surface area contributed by atoms with Gasteiger partial charge in [-0.25, -0.2) is 0 Å².